The van der Waals surface area contributed by atoms with Crippen molar-refractivity contribution >= 4 is 5.91 Å². The van der Waals surface area contributed by atoms with E-state index in [1.165, 1.54) is 0 Å². The third-order valence-electron chi connectivity index (χ3n) is 1.85. The van der Waals surface area contributed by atoms with Crippen molar-refractivity contribution < 1.29 is 9.53 Å². The van der Waals surface area contributed by atoms with Crippen molar-refractivity contribution in [2.45, 2.75) is 26.5 Å². The maximum atomic E-state index is 10.8. The smallest absolute Gasteiger partial charge is 0.222 e. The van der Waals surface area contributed by atoms with Crippen LogP contribution in [0.1, 0.15) is 20.3 Å². The Balaban J connectivity index is 2.67. The highest BCUT2D eigenvalue weighted by molar-refractivity contribution is 5.79. The first-order valence-corrected chi connectivity index (χ1v) is 3.38. The molecule has 58 valence electrons. The van der Waals surface area contributed by atoms with Gasteiger partial charge in [0.2, 0.25) is 5.91 Å². The lowest BCUT2D eigenvalue weighted by Crippen LogP contribution is -2.34. The van der Waals surface area contributed by atoms with Gasteiger partial charge < -0.3 is 10.1 Å². The fraction of sp³-hybridized carbons (Fsp3) is 0.857. The summed E-state index contributed by atoms with van der Waals surface area (Å²) in [5.74, 6) is 0.0804. The van der Waals surface area contributed by atoms with E-state index in [4.69, 9.17) is 4.74 Å². The Bertz CT molecular complexity index is 154. The van der Waals surface area contributed by atoms with Crippen molar-refractivity contribution in [1.82, 2.24) is 5.32 Å². The topological polar surface area (TPSA) is 38.3 Å². The molecule has 1 heterocycles. The quantitative estimate of drug-likeness (QED) is 0.580. The van der Waals surface area contributed by atoms with Crippen molar-refractivity contribution in [3.05, 3.63) is 0 Å². The summed E-state index contributed by atoms with van der Waals surface area (Å²) in [6.07, 6.45) is 0.450. The molecule has 3 nitrogen and oxygen atoms in total. The van der Waals surface area contributed by atoms with Crippen LogP contribution in [0.3, 0.4) is 0 Å². The number of methoxy groups -OCH3 is 1. The first-order valence-electron chi connectivity index (χ1n) is 3.38. The summed E-state index contributed by atoms with van der Waals surface area (Å²) in [6.45, 7) is 4.03. The second kappa shape index (κ2) is 2.23. The first-order chi connectivity index (χ1) is 4.56. The van der Waals surface area contributed by atoms with Crippen LogP contribution in [0.4, 0.5) is 0 Å². The van der Waals surface area contributed by atoms with Crippen LogP contribution in [-0.4, -0.2) is 19.2 Å². The number of rotatable bonds is 1. The normalized spacial score (nSPS) is 30.3. The van der Waals surface area contributed by atoms with Gasteiger partial charge in [0.25, 0.3) is 0 Å². The largest absolute Gasteiger partial charge is 0.361 e. The lowest BCUT2D eigenvalue weighted by Gasteiger charge is -2.23. The molecule has 0 aliphatic carbocycles. The number of nitrogens with one attached hydrogen (secondary N) is 1. The molecule has 1 rings (SSSR count). The first kappa shape index (κ1) is 7.54. The second-order valence-electron chi connectivity index (χ2n) is 3.35. The average molecular weight is 143 g/mol. The minimum atomic E-state index is -0.111. The summed E-state index contributed by atoms with van der Waals surface area (Å²) in [4.78, 5) is 10.8. The van der Waals surface area contributed by atoms with Gasteiger partial charge in [-0.1, -0.05) is 13.8 Å². The molecule has 3 heteroatoms. The zero-order valence-corrected chi connectivity index (χ0v) is 6.60. The van der Waals surface area contributed by atoms with E-state index < -0.39 is 0 Å². The minimum Gasteiger partial charge on any atom is -0.361 e. The monoisotopic (exact) mass is 143 g/mol. The molecule has 0 aromatic carbocycles. The molecule has 1 atom stereocenters. The molecule has 1 aliphatic rings. The molecular formula is C7H13NO2. The standard InChI is InChI=1S/C7H13NO2/c1-7(2)4-5(9)8-6(7)10-3/h6H,4H2,1-3H3,(H,8,9). The van der Waals surface area contributed by atoms with E-state index in [0.29, 0.717) is 6.42 Å². The van der Waals surface area contributed by atoms with Crippen LogP contribution in [0.25, 0.3) is 0 Å². The molecule has 1 unspecified atom stereocenters. The molecular weight excluding hydrogens is 130 g/mol. The van der Waals surface area contributed by atoms with Gasteiger partial charge in [0.05, 0.1) is 0 Å². The Morgan fingerprint density at radius 3 is 2.50 bits per heavy atom. The summed E-state index contributed by atoms with van der Waals surface area (Å²) in [6, 6.07) is 0. The van der Waals surface area contributed by atoms with Gasteiger partial charge in [-0.3, -0.25) is 4.79 Å². The maximum absolute atomic E-state index is 10.8. The summed E-state index contributed by atoms with van der Waals surface area (Å²) < 4.78 is 5.06. The predicted octanol–water partition coefficient (Wildman–Crippen LogP) is 0.505. The van der Waals surface area contributed by atoms with Crippen molar-refractivity contribution in [2.75, 3.05) is 7.11 Å². The maximum Gasteiger partial charge on any atom is 0.222 e. The lowest BCUT2D eigenvalue weighted by molar-refractivity contribution is -0.120. The molecule has 1 amide bonds. The van der Waals surface area contributed by atoms with Gasteiger partial charge >= 0.3 is 0 Å². The highest BCUT2D eigenvalue weighted by atomic mass is 16.5. The van der Waals surface area contributed by atoms with Gasteiger partial charge in [0, 0.05) is 18.9 Å². The third-order valence-corrected chi connectivity index (χ3v) is 1.85. The number of carbonyl (C=O) groups excluding carboxylic acids is 1. The Morgan fingerprint density at radius 1 is 1.70 bits per heavy atom. The molecule has 0 bridgehead atoms. The molecule has 0 radical (unpaired) electrons. The lowest BCUT2D eigenvalue weighted by atomic mass is 9.91. The van der Waals surface area contributed by atoms with Crippen LogP contribution < -0.4 is 5.32 Å². The Kier molecular flexibility index (Phi) is 1.68. The molecule has 1 fully saturated rings. The van der Waals surface area contributed by atoms with Crippen LogP contribution in [0, 0.1) is 5.41 Å². The van der Waals surface area contributed by atoms with Gasteiger partial charge in [0.1, 0.15) is 6.23 Å². The van der Waals surface area contributed by atoms with Gasteiger partial charge in [-0.05, 0) is 0 Å². The van der Waals surface area contributed by atoms with E-state index in [9.17, 15) is 4.79 Å². The van der Waals surface area contributed by atoms with E-state index in [1.54, 1.807) is 7.11 Å². The summed E-state index contributed by atoms with van der Waals surface area (Å²) in [5, 5.41) is 2.73. The zero-order valence-electron chi connectivity index (χ0n) is 6.60. The SMILES string of the molecule is COC1NC(=O)CC1(C)C. The van der Waals surface area contributed by atoms with Crippen LogP contribution in [0.5, 0.6) is 0 Å². The fourth-order valence-electron chi connectivity index (χ4n) is 1.28. The predicted molar refractivity (Wildman–Crippen MR) is 37.3 cm³/mol. The van der Waals surface area contributed by atoms with Crippen molar-refractivity contribution in [3.63, 3.8) is 0 Å². The van der Waals surface area contributed by atoms with E-state index in [2.05, 4.69) is 5.32 Å². The molecule has 0 aromatic rings. The van der Waals surface area contributed by atoms with E-state index in [1.807, 2.05) is 13.8 Å². The van der Waals surface area contributed by atoms with Crippen LogP contribution >= 0.6 is 0 Å². The number of hydrogen-bond acceptors (Lipinski definition) is 2. The Hall–Kier alpha value is -0.570. The van der Waals surface area contributed by atoms with Gasteiger partial charge in [-0.15, -0.1) is 0 Å². The number of hydrogen-bond donors (Lipinski definition) is 1. The third kappa shape index (κ3) is 1.14. The number of amides is 1. The van der Waals surface area contributed by atoms with Crippen molar-refractivity contribution in [2.24, 2.45) is 5.41 Å². The molecule has 1 aliphatic heterocycles. The minimum absolute atomic E-state index is 0.0498. The molecule has 0 aromatic heterocycles. The molecule has 0 saturated carbocycles. The van der Waals surface area contributed by atoms with Crippen LogP contribution in [-0.2, 0) is 9.53 Å². The van der Waals surface area contributed by atoms with E-state index >= 15 is 0 Å². The zero-order chi connectivity index (χ0) is 7.78. The summed E-state index contributed by atoms with van der Waals surface area (Å²) in [5.41, 5.74) is -0.0498. The Morgan fingerprint density at radius 2 is 2.30 bits per heavy atom. The van der Waals surface area contributed by atoms with Gasteiger partial charge in [-0.2, -0.15) is 0 Å². The summed E-state index contributed by atoms with van der Waals surface area (Å²) >= 11 is 0. The van der Waals surface area contributed by atoms with Crippen LogP contribution in [0.2, 0.25) is 0 Å². The van der Waals surface area contributed by atoms with E-state index in [0.717, 1.165) is 0 Å². The fourth-order valence-corrected chi connectivity index (χ4v) is 1.28. The van der Waals surface area contributed by atoms with Crippen molar-refractivity contribution in [3.8, 4) is 0 Å². The highest BCUT2D eigenvalue weighted by Crippen LogP contribution is 2.30. The number of carbonyl (C=O) groups is 1. The molecule has 1 N–H and O–H groups in total. The molecule has 0 spiro atoms. The van der Waals surface area contributed by atoms with Crippen molar-refractivity contribution in [1.29, 1.82) is 0 Å². The number of ether oxygens (including phenoxy) is 1. The van der Waals surface area contributed by atoms with Crippen LogP contribution in [0.15, 0.2) is 0 Å². The average Bonchev–Trinajstić information content (AvgIpc) is 2.04. The molecule has 1 saturated heterocycles. The Labute approximate surface area is 60.7 Å². The second-order valence-corrected chi connectivity index (χ2v) is 3.35. The van der Waals surface area contributed by atoms with Gasteiger partial charge in [-0.25, -0.2) is 0 Å². The van der Waals surface area contributed by atoms with E-state index in [-0.39, 0.29) is 17.6 Å². The molecule has 10 heavy (non-hydrogen) atoms. The summed E-state index contributed by atoms with van der Waals surface area (Å²) in [7, 11) is 1.61. The highest BCUT2D eigenvalue weighted by Gasteiger charge is 2.39. The van der Waals surface area contributed by atoms with Gasteiger partial charge in [0.15, 0.2) is 0 Å².